The van der Waals surface area contributed by atoms with E-state index in [0.29, 0.717) is 0 Å². The Bertz CT molecular complexity index is 433. The molecule has 2 fully saturated rings. The summed E-state index contributed by atoms with van der Waals surface area (Å²) in [6.07, 6.45) is 1.28. The van der Waals surface area contributed by atoms with Crippen LogP contribution in [0.1, 0.15) is 17.5 Å². The van der Waals surface area contributed by atoms with Gasteiger partial charge in [-0.15, -0.1) is 0 Å². The van der Waals surface area contributed by atoms with Crippen LogP contribution in [-0.2, 0) is 6.54 Å². The van der Waals surface area contributed by atoms with Crippen LogP contribution in [0.25, 0.3) is 0 Å². The quantitative estimate of drug-likeness (QED) is 0.863. The first-order chi connectivity index (χ1) is 8.72. The number of benzene rings is 1. The van der Waals surface area contributed by atoms with Gasteiger partial charge in [-0.2, -0.15) is 0 Å². The van der Waals surface area contributed by atoms with Gasteiger partial charge in [0, 0.05) is 13.1 Å². The molecule has 3 heteroatoms. The fourth-order valence-corrected chi connectivity index (χ4v) is 3.25. The van der Waals surface area contributed by atoms with E-state index in [1.807, 2.05) is 13.0 Å². The summed E-state index contributed by atoms with van der Waals surface area (Å²) in [7, 11) is 0. The van der Waals surface area contributed by atoms with E-state index in [1.54, 1.807) is 6.07 Å². The van der Waals surface area contributed by atoms with Crippen molar-refractivity contribution in [2.24, 2.45) is 11.8 Å². The lowest BCUT2D eigenvalue weighted by Gasteiger charge is -2.34. The van der Waals surface area contributed by atoms with Gasteiger partial charge in [-0.05, 0) is 62.0 Å². The molecule has 0 saturated carbocycles. The summed E-state index contributed by atoms with van der Waals surface area (Å²) in [5.74, 6) is 1.59. The number of piperidine rings is 1. The summed E-state index contributed by atoms with van der Waals surface area (Å²) < 4.78 is 13.5. The molecule has 18 heavy (non-hydrogen) atoms. The highest BCUT2D eigenvalue weighted by atomic mass is 19.1. The largest absolute Gasteiger partial charge is 0.316 e. The molecule has 0 bridgehead atoms. The van der Waals surface area contributed by atoms with E-state index in [2.05, 4.69) is 16.3 Å². The summed E-state index contributed by atoms with van der Waals surface area (Å²) in [5.41, 5.74) is 1.83. The van der Waals surface area contributed by atoms with Crippen molar-refractivity contribution in [2.45, 2.75) is 19.9 Å². The van der Waals surface area contributed by atoms with E-state index in [1.165, 1.54) is 13.0 Å². The molecule has 3 rings (SSSR count). The number of rotatable bonds is 2. The highest BCUT2D eigenvalue weighted by Gasteiger charge is 2.32. The van der Waals surface area contributed by atoms with Gasteiger partial charge in [0.05, 0.1) is 0 Å². The Morgan fingerprint density at radius 3 is 3.00 bits per heavy atom. The second-order valence-corrected chi connectivity index (χ2v) is 5.79. The Hall–Kier alpha value is -0.930. The van der Waals surface area contributed by atoms with Crippen LogP contribution in [-0.4, -0.2) is 31.1 Å². The summed E-state index contributed by atoms with van der Waals surface area (Å²) in [4.78, 5) is 2.47. The van der Waals surface area contributed by atoms with Gasteiger partial charge in [-0.1, -0.05) is 12.1 Å². The van der Waals surface area contributed by atoms with E-state index in [4.69, 9.17) is 0 Å². The molecule has 0 aliphatic carbocycles. The van der Waals surface area contributed by atoms with E-state index in [9.17, 15) is 4.39 Å². The molecule has 0 spiro atoms. The molecule has 0 amide bonds. The first kappa shape index (κ1) is 12.1. The van der Waals surface area contributed by atoms with E-state index in [0.717, 1.165) is 49.1 Å². The zero-order chi connectivity index (χ0) is 12.5. The second-order valence-electron chi connectivity index (χ2n) is 5.79. The Balaban J connectivity index is 1.64. The van der Waals surface area contributed by atoms with Crippen LogP contribution in [0.4, 0.5) is 4.39 Å². The molecule has 2 aliphatic heterocycles. The van der Waals surface area contributed by atoms with Crippen LogP contribution in [0.2, 0.25) is 0 Å². The van der Waals surface area contributed by atoms with Gasteiger partial charge in [0.15, 0.2) is 0 Å². The van der Waals surface area contributed by atoms with E-state index >= 15 is 0 Å². The first-order valence-electron chi connectivity index (χ1n) is 6.90. The molecule has 2 aliphatic rings. The maximum Gasteiger partial charge on any atom is 0.126 e. The smallest absolute Gasteiger partial charge is 0.126 e. The number of likely N-dealkylation sites (tertiary alicyclic amines) is 1. The number of nitrogens with zero attached hydrogens (tertiary/aromatic N) is 1. The van der Waals surface area contributed by atoms with Crippen LogP contribution in [0, 0.1) is 24.6 Å². The van der Waals surface area contributed by atoms with Crippen molar-refractivity contribution in [3.8, 4) is 0 Å². The standard InChI is InChI=1S/C15H21FN2/c1-11-2-3-12(6-15(11)16)9-18-5-4-13-7-17-8-14(13)10-18/h2-3,6,13-14,17H,4-5,7-10H2,1H3. The van der Waals surface area contributed by atoms with Crippen LogP contribution >= 0.6 is 0 Å². The molecular weight excluding hydrogens is 227 g/mol. The highest BCUT2D eigenvalue weighted by Crippen LogP contribution is 2.27. The summed E-state index contributed by atoms with van der Waals surface area (Å²) in [5, 5.41) is 3.48. The minimum absolute atomic E-state index is 0.0788. The van der Waals surface area contributed by atoms with Crippen molar-refractivity contribution in [2.75, 3.05) is 26.2 Å². The fraction of sp³-hybridized carbons (Fsp3) is 0.600. The fourth-order valence-electron chi connectivity index (χ4n) is 3.25. The van der Waals surface area contributed by atoms with Crippen LogP contribution in [0.5, 0.6) is 0 Å². The molecule has 1 aromatic rings. The topological polar surface area (TPSA) is 15.3 Å². The zero-order valence-corrected chi connectivity index (χ0v) is 11.0. The zero-order valence-electron chi connectivity index (χ0n) is 11.0. The lowest BCUT2D eigenvalue weighted by molar-refractivity contribution is 0.142. The molecule has 98 valence electrons. The molecule has 2 heterocycles. The van der Waals surface area contributed by atoms with Gasteiger partial charge in [0.1, 0.15) is 5.82 Å². The number of hydrogen-bond donors (Lipinski definition) is 1. The maximum absolute atomic E-state index is 13.5. The number of hydrogen-bond acceptors (Lipinski definition) is 2. The van der Waals surface area contributed by atoms with Gasteiger partial charge < -0.3 is 5.32 Å². The number of halogens is 1. The van der Waals surface area contributed by atoms with Gasteiger partial charge in [-0.3, -0.25) is 4.90 Å². The monoisotopic (exact) mass is 248 g/mol. The maximum atomic E-state index is 13.5. The Kier molecular flexibility index (Phi) is 3.35. The van der Waals surface area contributed by atoms with Gasteiger partial charge in [0.2, 0.25) is 0 Å². The lowest BCUT2D eigenvalue weighted by Crippen LogP contribution is -2.39. The summed E-state index contributed by atoms with van der Waals surface area (Å²) in [6.45, 7) is 7.36. The second kappa shape index (κ2) is 4.98. The molecule has 2 saturated heterocycles. The summed E-state index contributed by atoms with van der Waals surface area (Å²) in [6, 6.07) is 5.63. The van der Waals surface area contributed by atoms with Crippen molar-refractivity contribution in [1.29, 1.82) is 0 Å². The van der Waals surface area contributed by atoms with Gasteiger partial charge in [-0.25, -0.2) is 4.39 Å². The normalized spacial score (nSPS) is 28.3. The van der Waals surface area contributed by atoms with Crippen molar-refractivity contribution in [1.82, 2.24) is 10.2 Å². The minimum Gasteiger partial charge on any atom is -0.316 e. The van der Waals surface area contributed by atoms with Crippen molar-refractivity contribution < 1.29 is 4.39 Å². The first-order valence-corrected chi connectivity index (χ1v) is 6.90. The Morgan fingerprint density at radius 2 is 2.17 bits per heavy atom. The molecule has 1 aromatic carbocycles. The third kappa shape index (κ3) is 2.43. The molecule has 0 radical (unpaired) electrons. The predicted octanol–water partition coefficient (Wildman–Crippen LogP) is 2.18. The van der Waals surface area contributed by atoms with E-state index < -0.39 is 0 Å². The van der Waals surface area contributed by atoms with Gasteiger partial charge in [0.25, 0.3) is 0 Å². The van der Waals surface area contributed by atoms with E-state index in [-0.39, 0.29) is 5.82 Å². The van der Waals surface area contributed by atoms with Crippen molar-refractivity contribution in [3.05, 3.63) is 35.1 Å². The van der Waals surface area contributed by atoms with Crippen LogP contribution < -0.4 is 5.32 Å². The van der Waals surface area contributed by atoms with Crippen molar-refractivity contribution in [3.63, 3.8) is 0 Å². The lowest BCUT2D eigenvalue weighted by atomic mass is 9.88. The molecule has 2 atom stereocenters. The SMILES string of the molecule is Cc1ccc(CN2CCC3CNCC3C2)cc1F. The van der Waals surface area contributed by atoms with Gasteiger partial charge >= 0.3 is 0 Å². The molecule has 2 unspecified atom stereocenters. The summed E-state index contributed by atoms with van der Waals surface area (Å²) >= 11 is 0. The number of fused-ring (bicyclic) bond motifs is 1. The molecule has 0 aromatic heterocycles. The van der Waals surface area contributed by atoms with Crippen LogP contribution in [0.3, 0.4) is 0 Å². The van der Waals surface area contributed by atoms with Crippen LogP contribution in [0.15, 0.2) is 18.2 Å². The molecule has 1 N–H and O–H groups in total. The highest BCUT2D eigenvalue weighted by molar-refractivity contribution is 5.23. The third-order valence-corrected chi connectivity index (χ3v) is 4.43. The molecular formula is C15H21FN2. The molecule has 2 nitrogen and oxygen atoms in total. The Labute approximate surface area is 108 Å². The Morgan fingerprint density at radius 1 is 1.33 bits per heavy atom. The van der Waals surface area contributed by atoms with Crippen molar-refractivity contribution >= 4 is 0 Å². The number of aryl methyl sites for hydroxylation is 1. The minimum atomic E-state index is -0.0788. The predicted molar refractivity (Wildman–Crippen MR) is 70.9 cm³/mol. The third-order valence-electron chi connectivity index (χ3n) is 4.43. The average molecular weight is 248 g/mol. The number of nitrogens with one attached hydrogen (secondary N) is 1. The average Bonchev–Trinajstić information content (AvgIpc) is 2.81.